The predicted molar refractivity (Wildman–Crippen MR) is 248 cm³/mol. The van der Waals surface area contributed by atoms with E-state index in [9.17, 15) is 28.4 Å². The topological polar surface area (TPSA) is 184 Å². The van der Waals surface area contributed by atoms with E-state index in [1.54, 1.807) is 43.9 Å². The Bertz CT molecular complexity index is 2550. The zero-order valence-corrected chi connectivity index (χ0v) is 38.8. The van der Waals surface area contributed by atoms with Gasteiger partial charge in [0, 0.05) is 54.9 Å². The fourth-order valence-electron chi connectivity index (χ4n) is 8.17. The number of rotatable bonds is 20. The highest BCUT2D eigenvalue weighted by atomic mass is 32.1. The second-order valence-electron chi connectivity index (χ2n) is 18.3. The Balaban J connectivity index is 0.925. The van der Waals surface area contributed by atoms with Crippen LogP contribution >= 0.6 is 11.3 Å². The zero-order valence-electron chi connectivity index (χ0n) is 38.0. The first-order valence-corrected chi connectivity index (χ1v) is 23.1. The van der Waals surface area contributed by atoms with Crippen LogP contribution in [0.4, 0.5) is 4.39 Å². The second kappa shape index (κ2) is 20.6. The van der Waals surface area contributed by atoms with Crippen LogP contribution in [0.2, 0.25) is 0 Å². The zero-order chi connectivity index (χ0) is 47.2. The van der Waals surface area contributed by atoms with Crippen molar-refractivity contribution in [1.29, 1.82) is 0 Å². The molecule has 0 bridgehead atoms. The summed E-state index contributed by atoms with van der Waals surface area (Å²) < 4.78 is 29.1. The number of carbonyl (C=O) groups excluding carboxylic acids is 5. The number of aldehydes is 1. The molecule has 2 fully saturated rings. The molecule has 1 saturated carbocycles. The van der Waals surface area contributed by atoms with E-state index in [-0.39, 0.29) is 32.4 Å². The van der Waals surface area contributed by atoms with Crippen LogP contribution in [0.1, 0.15) is 73.6 Å². The average Bonchev–Trinajstić information content (AvgIpc) is 3.59. The molecule has 350 valence electrons. The van der Waals surface area contributed by atoms with Crippen molar-refractivity contribution in [2.75, 3.05) is 33.4 Å². The van der Waals surface area contributed by atoms with E-state index in [1.165, 1.54) is 16.2 Å². The molecule has 4 N–H and O–H groups in total. The van der Waals surface area contributed by atoms with Gasteiger partial charge in [0.2, 0.25) is 11.8 Å². The first-order chi connectivity index (χ1) is 31.6. The van der Waals surface area contributed by atoms with Crippen molar-refractivity contribution in [2.24, 2.45) is 11.3 Å². The van der Waals surface area contributed by atoms with Crippen molar-refractivity contribution in [3.8, 4) is 21.9 Å². The lowest BCUT2D eigenvalue weighted by Crippen LogP contribution is -2.58. The summed E-state index contributed by atoms with van der Waals surface area (Å²) in [7, 11) is 2.05. The van der Waals surface area contributed by atoms with Gasteiger partial charge in [0.05, 0.1) is 29.2 Å². The Kier molecular flexibility index (Phi) is 14.9. The van der Waals surface area contributed by atoms with Crippen LogP contribution in [0.3, 0.4) is 0 Å². The Morgan fingerprint density at radius 2 is 1.82 bits per heavy atom. The number of benzene rings is 3. The van der Waals surface area contributed by atoms with Crippen LogP contribution < -0.4 is 25.6 Å². The molecule has 15 nitrogen and oxygen atoms in total. The van der Waals surface area contributed by atoms with Crippen molar-refractivity contribution >= 4 is 52.2 Å². The standard InChI is InChI=1S/C49H58FN7O8S/c1-31-42(66-30-52-31)35-10-12-37(26-51-45(60)40-23-33(29-58)28-57(40)46(61)43(48(2,3)4)53-47(62)49(50)16-17-49)41(25-35)65-21-6-18-55(5)27-32-7-13-38(14-8-32)64-22-20-56-19-15-34-9-11-36(24-39(34)56)44(59)54-63/h7-15,19,24-25,29-30,33,40,43,63H,6,16-18,20-23,26-28H2,1-5H3,(H,51,60)(H,53,62)(H,54,59)/t33?,40-,43+/m0/s1. The maximum atomic E-state index is 14.7. The maximum absolute atomic E-state index is 14.7. The molecule has 66 heavy (non-hydrogen) atoms. The molecule has 3 atom stereocenters. The van der Waals surface area contributed by atoms with E-state index < -0.39 is 52.7 Å². The minimum atomic E-state index is -1.98. The van der Waals surface area contributed by atoms with E-state index in [4.69, 9.17) is 14.7 Å². The number of nitrogens with one attached hydrogen (secondary N) is 3. The van der Waals surface area contributed by atoms with E-state index in [1.807, 2.05) is 79.3 Å². The molecule has 2 aliphatic rings. The Morgan fingerprint density at radius 3 is 2.50 bits per heavy atom. The van der Waals surface area contributed by atoms with Gasteiger partial charge in [-0.05, 0) is 98.0 Å². The van der Waals surface area contributed by atoms with Gasteiger partial charge < -0.3 is 39.3 Å². The van der Waals surface area contributed by atoms with Crippen LogP contribution in [0.5, 0.6) is 11.5 Å². The fourth-order valence-corrected chi connectivity index (χ4v) is 8.97. The highest BCUT2D eigenvalue weighted by molar-refractivity contribution is 7.13. The van der Waals surface area contributed by atoms with Crippen LogP contribution in [0, 0.1) is 18.3 Å². The molecule has 4 amide bonds. The van der Waals surface area contributed by atoms with Crippen molar-refractivity contribution < 1.29 is 43.0 Å². The van der Waals surface area contributed by atoms with E-state index in [2.05, 4.69) is 20.5 Å². The highest BCUT2D eigenvalue weighted by Crippen LogP contribution is 2.41. The lowest BCUT2D eigenvalue weighted by molar-refractivity contribution is -0.145. The number of alkyl halides is 1. The lowest BCUT2D eigenvalue weighted by atomic mass is 9.85. The van der Waals surface area contributed by atoms with Crippen LogP contribution in [-0.2, 0) is 38.8 Å². The Labute approximate surface area is 387 Å². The second-order valence-corrected chi connectivity index (χ2v) is 19.2. The van der Waals surface area contributed by atoms with Gasteiger partial charge in [0.1, 0.15) is 36.5 Å². The molecule has 0 spiro atoms. The summed E-state index contributed by atoms with van der Waals surface area (Å²) in [4.78, 5) is 73.5. The minimum Gasteiger partial charge on any atom is -0.493 e. The smallest absolute Gasteiger partial charge is 0.274 e. The largest absolute Gasteiger partial charge is 0.493 e. The van der Waals surface area contributed by atoms with Gasteiger partial charge >= 0.3 is 0 Å². The Hall–Kier alpha value is -6.17. The number of carbonyl (C=O) groups is 5. The monoisotopic (exact) mass is 923 g/mol. The number of aryl methyl sites for hydroxylation is 1. The normalized spacial score (nSPS) is 17.1. The summed E-state index contributed by atoms with van der Waals surface area (Å²) >= 11 is 1.53. The van der Waals surface area contributed by atoms with Gasteiger partial charge in [-0.2, -0.15) is 0 Å². The maximum Gasteiger partial charge on any atom is 0.274 e. The first kappa shape index (κ1) is 47.8. The number of aromatic nitrogens is 2. The molecule has 1 aliphatic carbocycles. The number of likely N-dealkylation sites (tertiary alicyclic amines) is 1. The number of nitrogens with zero attached hydrogens (tertiary/aromatic N) is 4. The minimum absolute atomic E-state index is 0.0157. The predicted octanol–water partition coefficient (Wildman–Crippen LogP) is 6.24. The van der Waals surface area contributed by atoms with Crippen molar-refractivity contribution in [1.82, 2.24) is 35.5 Å². The summed E-state index contributed by atoms with van der Waals surface area (Å²) in [5.74, 6) is -1.59. The molecular weight excluding hydrogens is 866 g/mol. The van der Waals surface area contributed by atoms with Crippen molar-refractivity contribution in [3.05, 3.63) is 101 Å². The quantitative estimate of drug-likeness (QED) is 0.0302. The Morgan fingerprint density at radius 1 is 1.05 bits per heavy atom. The molecule has 3 aromatic carbocycles. The van der Waals surface area contributed by atoms with Crippen molar-refractivity contribution in [3.63, 3.8) is 0 Å². The molecule has 1 unspecified atom stereocenters. The number of hydrogen-bond acceptors (Lipinski definition) is 11. The molecule has 17 heteroatoms. The number of fused-ring (bicyclic) bond motifs is 1. The lowest BCUT2D eigenvalue weighted by Gasteiger charge is -2.35. The number of amides is 4. The van der Waals surface area contributed by atoms with Crippen LogP contribution in [-0.4, -0.2) is 106 Å². The van der Waals surface area contributed by atoms with E-state index in [0.717, 1.165) is 63.2 Å². The third kappa shape index (κ3) is 11.4. The average molecular weight is 924 g/mol. The molecule has 5 aromatic rings. The van der Waals surface area contributed by atoms with Gasteiger partial charge in [0.25, 0.3) is 11.8 Å². The summed E-state index contributed by atoms with van der Waals surface area (Å²) in [5, 5.41) is 15.6. The van der Waals surface area contributed by atoms with Crippen LogP contribution in [0.15, 0.2) is 78.4 Å². The number of ether oxygens (including phenoxy) is 2. The molecule has 0 radical (unpaired) electrons. The summed E-state index contributed by atoms with van der Waals surface area (Å²) in [6, 6.07) is 18.9. The van der Waals surface area contributed by atoms with Gasteiger partial charge in [-0.1, -0.05) is 51.1 Å². The highest BCUT2D eigenvalue weighted by Gasteiger charge is 2.53. The molecule has 1 aliphatic heterocycles. The number of hydroxylamine groups is 1. The van der Waals surface area contributed by atoms with Gasteiger partial charge in [0.15, 0.2) is 5.67 Å². The molecule has 1 saturated heterocycles. The molecular formula is C49H58FN7O8S. The van der Waals surface area contributed by atoms with E-state index in [0.29, 0.717) is 37.6 Å². The summed E-state index contributed by atoms with van der Waals surface area (Å²) in [5.41, 5.74) is 5.61. The molecule has 7 rings (SSSR count). The summed E-state index contributed by atoms with van der Waals surface area (Å²) in [6.45, 7) is 10.2. The molecule has 3 heterocycles. The van der Waals surface area contributed by atoms with Crippen molar-refractivity contribution in [2.45, 2.75) is 90.8 Å². The third-order valence-corrected chi connectivity index (χ3v) is 13.2. The first-order valence-electron chi connectivity index (χ1n) is 22.2. The number of thiazole rings is 1. The van der Waals surface area contributed by atoms with E-state index >= 15 is 0 Å². The van der Waals surface area contributed by atoms with Gasteiger partial charge in [-0.3, -0.25) is 24.4 Å². The summed E-state index contributed by atoms with van der Waals surface area (Å²) in [6.07, 6.45) is 3.73. The van der Waals surface area contributed by atoms with Gasteiger partial charge in [-0.15, -0.1) is 11.3 Å². The van der Waals surface area contributed by atoms with Gasteiger partial charge in [-0.25, -0.2) is 14.9 Å². The van der Waals surface area contributed by atoms with Crippen LogP contribution in [0.25, 0.3) is 21.3 Å². The molecule has 2 aromatic heterocycles. The number of halogens is 1. The number of hydrogen-bond donors (Lipinski definition) is 4. The fraction of sp³-hybridized carbons (Fsp3) is 0.429. The SMILES string of the molecule is Cc1ncsc1-c1ccc(CNC(=O)[C@@H]2CC(C=O)CN2C(=O)[C@@H](NC(=O)C2(F)CC2)C(C)(C)C)c(OCCCN(C)Cc2ccc(OCCn3ccc4ccc(C(=O)NO)cc43)cc2)c1. The third-order valence-electron chi connectivity index (χ3n) is 12.2.